The van der Waals surface area contributed by atoms with Crippen molar-refractivity contribution in [2.45, 2.75) is 33.7 Å². The van der Waals surface area contributed by atoms with E-state index in [4.69, 9.17) is 5.73 Å². The van der Waals surface area contributed by atoms with Crippen LogP contribution in [0, 0.1) is 13.8 Å². The predicted molar refractivity (Wildman–Crippen MR) is 72.0 cm³/mol. The van der Waals surface area contributed by atoms with Crippen LogP contribution in [-0.4, -0.2) is 15.0 Å². The van der Waals surface area contributed by atoms with Crippen molar-refractivity contribution in [1.29, 1.82) is 0 Å². The first kappa shape index (κ1) is 12.6. The van der Waals surface area contributed by atoms with E-state index in [0.717, 1.165) is 40.3 Å². The second-order valence-corrected chi connectivity index (χ2v) is 4.29. The molecule has 18 heavy (non-hydrogen) atoms. The van der Waals surface area contributed by atoms with E-state index in [1.54, 1.807) is 6.20 Å². The van der Waals surface area contributed by atoms with Crippen molar-refractivity contribution in [2.75, 3.05) is 0 Å². The molecule has 2 aromatic heterocycles. The zero-order valence-electron chi connectivity index (χ0n) is 11.1. The average molecular weight is 242 g/mol. The molecular formula is C14H18N4. The number of nitrogens with two attached hydrogens (primary N) is 1. The molecule has 2 N–H and O–H groups in total. The lowest BCUT2D eigenvalue weighted by molar-refractivity contribution is 0.935. The zero-order chi connectivity index (χ0) is 13.1. The lowest BCUT2D eigenvalue weighted by Crippen LogP contribution is -2.08. The maximum atomic E-state index is 5.71. The molecule has 0 aliphatic heterocycles. The van der Waals surface area contributed by atoms with Gasteiger partial charge in [0.15, 0.2) is 5.82 Å². The van der Waals surface area contributed by atoms with Gasteiger partial charge in [0.1, 0.15) is 0 Å². The summed E-state index contributed by atoms with van der Waals surface area (Å²) < 4.78 is 0. The van der Waals surface area contributed by atoms with Gasteiger partial charge in [-0.1, -0.05) is 6.92 Å². The molecule has 0 saturated carbocycles. The van der Waals surface area contributed by atoms with Gasteiger partial charge in [-0.3, -0.25) is 4.98 Å². The van der Waals surface area contributed by atoms with E-state index in [1.807, 2.05) is 26.1 Å². The highest BCUT2D eigenvalue weighted by Crippen LogP contribution is 2.22. The third-order valence-corrected chi connectivity index (χ3v) is 3.15. The summed E-state index contributed by atoms with van der Waals surface area (Å²) in [6.45, 7) is 6.55. The SMILES string of the molecule is CCc1cnccc1-c1nc(C)c(CN)c(C)n1. The van der Waals surface area contributed by atoms with Gasteiger partial charge in [-0.25, -0.2) is 9.97 Å². The van der Waals surface area contributed by atoms with Crippen LogP contribution in [0.25, 0.3) is 11.4 Å². The fourth-order valence-corrected chi connectivity index (χ4v) is 2.08. The van der Waals surface area contributed by atoms with Gasteiger partial charge in [0, 0.05) is 41.5 Å². The maximum Gasteiger partial charge on any atom is 0.160 e. The van der Waals surface area contributed by atoms with Crippen LogP contribution in [0.15, 0.2) is 18.5 Å². The summed E-state index contributed by atoms with van der Waals surface area (Å²) in [4.78, 5) is 13.3. The van der Waals surface area contributed by atoms with Gasteiger partial charge in [0.2, 0.25) is 0 Å². The number of rotatable bonds is 3. The Labute approximate surface area is 107 Å². The molecule has 0 bridgehead atoms. The normalized spacial score (nSPS) is 10.7. The van der Waals surface area contributed by atoms with Crippen molar-refractivity contribution < 1.29 is 0 Å². The summed E-state index contributed by atoms with van der Waals surface area (Å²) in [6, 6.07) is 1.97. The van der Waals surface area contributed by atoms with E-state index in [0.29, 0.717) is 6.54 Å². The Morgan fingerprint density at radius 1 is 1.17 bits per heavy atom. The van der Waals surface area contributed by atoms with Gasteiger partial charge < -0.3 is 5.73 Å². The van der Waals surface area contributed by atoms with Crippen LogP contribution >= 0.6 is 0 Å². The summed E-state index contributed by atoms with van der Waals surface area (Å²) in [7, 11) is 0. The maximum absolute atomic E-state index is 5.71. The van der Waals surface area contributed by atoms with Gasteiger partial charge >= 0.3 is 0 Å². The second-order valence-electron chi connectivity index (χ2n) is 4.29. The van der Waals surface area contributed by atoms with Crippen LogP contribution < -0.4 is 5.73 Å². The molecule has 0 atom stereocenters. The Kier molecular flexibility index (Phi) is 3.67. The first-order valence-electron chi connectivity index (χ1n) is 6.14. The highest BCUT2D eigenvalue weighted by molar-refractivity contribution is 5.59. The van der Waals surface area contributed by atoms with Gasteiger partial charge in [0.25, 0.3) is 0 Å². The topological polar surface area (TPSA) is 64.7 Å². The van der Waals surface area contributed by atoms with Crippen LogP contribution in [0.5, 0.6) is 0 Å². The molecule has 0 aliphatic rings. The third-order valence-electron chi connectivity index (χ3n) is 3.15. The van der Waals surface area contributed by atoms with E-state index >= 15 is 0 Å². The Bertz CT molecular complexity index is 540. The molecule has 4 heteroatoms. The second kappa shape index (κ2) is 5.23. The minimum Gasteiger partial charge on any atom is -0.326 e. The number of hydrogen-bond donors (Lipinski definition) is 1. The van der Waals surface area contributed by atoms with E-state index in [9.17, 15) is 0 Å². The zero-order valence-corrected chi connectivity index (χ0v) is 11.1. The summed E-state index contributed by atoms with van der Waals surface area (Å²) in [5, 5.41) is 0. The lowest BCUT2D eigenvalue weighted by Gasteiger charge is -2.11. The molecule has 0 fully saturated rings. The van der Waals surface area contributed by atoms with Gasteiger partial charge in [0.05, 0.1) is 0 Å². The van der Waals surface area contributed by atoms with Crippen LogP contribution in [-0.2, 0) is 13.0 Å². The standard InChI is InChI=1S/C14H18N4/c1-4-11-8-16-6-5-12(11)14-17-9(2)13(7-15)10(3)18-14/h5-6,8H,4,7,15H2,1-3H3. The molecule has 0 unspecified atom stereocenters. The Balaban J connectivity index is 2.58. The smallest absolute Gasteiger partial charge is 0.160 e. The molecule has 0 spiro atoms. The van der Waals surface area contributed by atoms with Gasteiger partial charge in [-0.2, -0.15) is 0 Å². The Morgan fingerprint density at radius 3 is 2.39 bits per heavy atom. The van der Waals surface area contributed by atoms with Crippen molar-refractivity contribution in [3.05, 3.63) is 41.0 Å². The largest absolute Gasteiger partial charge is 0.326 e. The van der Waals surface area contributed by atoms with Crippen LogP contribution in [0.4, 0.5) is 0 Å². The summed E-state index contributed by atoms with van der Waals surface area (Å²) >= 11 is 0. The summed E-state index contributed by atoms with van der Waals surface area (Å²) in [5.74, 6) is 0.765. The van der Waals surface area contributed by atoms with E-state index in [1.165, 1.54) is 0 Å². The number of hydrogen-bond acceptors (Lipinski definition) is 4. The molecular weight excluding hydrogens is 224 g/mol. The number of pyridine rings is 1. The molecule has 0 aliphatic carbocycles. The molecule has 0 amide bonds. The molecule has 94 valence electrons. The number of nitrogens with zero attached hydrogens (tertiary/aromatic N) is 3. The van der Waals surface area contributed by atoms with E-state index in [2.05, 4.69) is 21.9 Å². The lowest BCUT2D eigenvalue weighted by atomic mass is 10.1. The first-order chi connectivity index (χ1) is 8.67. The van der Waals surface area contributed by atoms with Crippen LogP contribution in [0.1, 0.15) is 29.4 Å². The molecule has 2 heterocycles. The van der Waals surface area contributed by atoms with Gasteiger partial charge in [-0.05, 0) is 31.9 Å². The fraction of sp³-hybridized carbons (Fsp3) is 0.357. The summed E-state index contributed by atoms with van der Waals surface area (Å²) in [6.07, 6.45) is 4.57. The molecule has 2 rings (SSSR count). The molecule has 4 nitrogen and oxygen atoms in total. The van der Waals surface area contributed by atoms with Crippen molar-refractivity contribution in [2.24, 2.45) is 5.73 Å². The minimum absolute atomic E-state index is 0.481. The molecule has 2 aromatic rings. The highest BCUT2D eigenvalue weighted by Gasteiger charge is 2.11. The monoisotopic (exact) mass is 242 g/mol. The average Bonchev–Trinajstić information content (AvgIpc) is 2.38. The minimum atomic E-state index is 0.481. The summed E-state index contributed by atoms with van der Waals surface area (Å²) in [5.41, 5.74) is 10.9. The fourth-order valence-electron chi connectivity index (χ4n) is 2.08. The van der Waals surface area contributed by atoms with Crippen LogP contribution in [0.3, 0.4) is 0 Å². The third kappa shape index (κ3) is 2.24. The highest BCUT2D eigenvalue weighted by atomic mass is 14.9. The van der Waals surface area contributed by atoms with E-state index < -0.39 is 0 Å². The number of aromatic nitrogens is 3. The van der Waals surface area contributed by atoms with Crippen molar-refractivity contribution in [3.8, 4) is 11.4 Å². The van der Waals surface area contributed by atoms with Crippen LogP contribution in [0.2, 0.25) is 0 Å². The number of aryl methyl sites for hydroxylation is 3. The quantitative estimate of drug-likeness (QED) is 0.896. The molecule has 0 radical (unpaired) electrons. The first-order valence-corrected chi connectivity index (χ1v) is 6.14. The van der Waals surface area contributed by atoms with Crippen molar-refractivity contribution in [1.82, 2.24) is 15.0 Å². The predicted octanol–water partition coefficient (Wildman–Crippen LogP) is 2.18. The van der Waals surface area contributed by atoms with Crippen molar-refractivity contribution >= 4 is 0 Å². The Hall–Kier alpha value is -1.81. The molecule has 0 aromatic carbocycles. The van der Waals surface area contributed by atoms with E-state index in [-0.39, 0.29) is 0 Å². The Morgan fingerprint density at radius 2 is 1.83 bits per heavy atom. The molecule has 0 saturated heterocycles. The van der Waals surface area contributed by atoms with Gasteiger partial charge in [-0.15, -0.1) is 0 Å². The van der Waals surface area contributed by atoms with Crippen molar-refractivity contribution in [3.63, 3.8) is 0 Å².